The molecule has 0 aliphatic heterocycles. The lowest BCUT2D eigenvalue weighted by atomic mass is 9.70. The first-order chi connectivity index (χ1) is 15.7. The van der Waals surface area contributed by atoms with Crippen LogP contribution in [-0.2, 0) is 5.41 Å². The van der Waals surface area contributed by atoms with Gasteiger partial charge in [0.1, 0.15) is 0 Å². The molecular weight excluding hydrogens is 464 g/mol. The molecule has 32 heavy (non-hydrogen) atoms. The van der Waals surface area contributed by atoms with E-state index in [1.54, 1.807) is 0 Å². The van der Waals surface area contributed by atoms with E-state index in [9.17, 15) is 0 Å². The normalized spacial score (nSPS) is 16.0. The Balaban J connectivity index is 1.76. The van der Waals surface area contributed by atoms with Gasteiger partial charge in [-0.15, -0.1) is 0 Å². The summed E-state index contributed by atoms with van der Waals surface area (Å²) in [6.45, 7) is 1.19. The number of azide groups is 2. The maximum absolute atomic E-state index is 8.45. The molecule has 0 fully saturated rings. The van der Waals surface area contributed by atoms with Gasteiger partial charge < -0.3 is 0 Å². The number of rotatable bonds is 14. The van der Waals surface area contributed by atoms with Crippen LogP contribution in [-0.4, -0.2) is 13.1 Å². The Kier molecular flexibility index (Phi) is 9.48. The number of hydrogen-bond acceptors (Lipinski definition) is 2. The lowest BCUT2D eigenvalue weighted by Crippen LogP contribution is -2.25. The maximum atomic E-state index is 8.45. The van der Waals surface area contributed by atoms with Gasteiger partial charge in [-0.3, -0.25) is 0 Å². The monoisotopic (exact) mass is 494 g/mol. The summed E-state index contributed by atoms with van der Waals surface area (Å²) in [6.07, 6.45) is 11.0. The molecule has 6 nitrogen and oxygen atoms in total. The first-order valence-electron chi connectivity index (χ1n) is 11.6. The lowest BCUT2D eigenvalue weighted by Gasteiger charge is -2.33. The van der Waals surface area contributed by atoms with E-state index in [1.807, 2.05) is 0 Å². The first kappa shape index (κ1) is 24.2. The fourth-order valence-corrected chi connectivity index (χ4v) is 5.47. The van der Waals surface area contributed by atoms with Crippen molar-refractivity contribution < 1.29 is 0 Å². The van der Waals surface area contributed by atoms with Crippen LogP contribution in [0.15, 0.2) is 57.2 Å². The molecule has 2 aromatic carbocycles. The Morgan fingerprint density at radius 2 is 1.25 bits per heavy atom. The highest BCUT2D eigenvalue weighted by Crippen LogP contribution is 2.54. The van der Waals surface area contributed by atoms with E-state index in [2.05, 4.69) is 78.4 Å². The average Bonchev–Trinajstić information content (AvgIpc) is 3.07. The third kappa shape index (κ3) is 5.86. The molecule has 0 heterocycles. The van der Waals surface area contributed by atoms with E-state index in [4.69, 9.17) is 11.1 Å². The van der Waals surface area contributed by atoms with Crippen LogP contribution in [0.2, 0.25) is 0 Å². The minimum atomic E-state index is 0.0469. The molecule has 0 aromatic heterocycles. The number of halogens is 1. The van der Waals surface area contributed by atoms with E-state index in [1.165, 1.54) is 22.3 Å². The molecule has 7 heteroatoms. The van der Waals surface area contributed by atoms with Gasteiger partial charge in [0, 0.05) is 32.8 Å². The zero-order valence-electron chi connectivity index (χ0n) is 18.6. The van der Waals surface area contributed by atoms with Crippen LogP contribution in [0, 0.1) is 0 Å². The minimum absolute atomic E-state index is 0.0469. The Morgan fingerprint density at radius 1 is 0.688 bits per heavy atom. The molecule has 0 radical (unpaired) electrons. The molecule has 0 N–H and O–H groups in total. The van der Waals surface area contributed by atoms with E-state index >= 15 is 0 Å². The summed E-state index contributed by atoms with van der Waals surface area (Å²) in [5.74, 6) is 0. The molecule has 0 atom stereocenters. The van der Waals surface area contributed by atoms with Crippen molar-refractivity contribution in [3.05, 3.63) is 78.9 Å². The summed E-state index contributed by atoms with van der Waals surface area (Å²) in [7, 11) is 0. The average molecular weight is 495 g/mol. The summed E-state index contributed by atoms with van der Waals surface area (Å²) in [5.41, 5.74) is 22.6. The summed E-state index contributed by atoms with van der Waals surface area (Å²) >= 11 is 3.72. The van der Waals surface area contributed by atoms with Gasteiger partial charge in [-0.25, -0.2) is 0 Å². The second-order valence-electron chi connectivity index (χ2n) is 8.55. The van der Waals surface area contributed by atoms with Crippen LogP contribution < -0.4 is 0 Å². The van der Waals surface area contributed by atoms with Gasteiger partial charge >= 0.3 is 0 Å². The highest BCUT2D eigenvalue weighted by Gasteiger charge is 2.41. The van der Waals surface area contributed by atoms with Crippen molar-refractivity contribution >= 4 is 15.9 Å². The topological polar surface area (TPSA) is 97.5 Å². The Morgan fingerprint density at radius 3 is 1.88 bits per heavy atom. The molecule has 0 unspecified atom stereocenters. The van der Waals surface area contributed by atoms with Crippen LogP contribution >= 0.6 is 15.9 Å². The molecule has 1 aliphatic carbocycles. The quantitative estimate of drug-likeness (QED) is 0.108. The smallest absolute Gasteiger partial charge is 0.0257 e. The van der Waals surface area contributed by atoms with Crippen molar-refractivity contribution in [1.29, 1.82) is 0 Å². The van der Waals surface area contributed by atoms with Gasteiger partial charge in [0.2, 0.25) is 0 Å². The number of benzene rings is 2. The Hall–Kier alpha value is -2.46. The van der Waals surface area contributed by atoms with Crippen molar-refractivity contribution in [1.82, 2.24) is 0 Å². The number of hydrogen-bond donors (Lipinski definition) is 0. The van der Waals surface area contributed by atoms with Gasteiger partial charge in [-0.05, 0) is 71.1 Å². The molecule has 2 aromatic rings. The second-order valence-corrected chi connectivity index (χ2v) is 9.47. The minimum Gasteiger partial charge on any atom is -0.0940 e. The van der Waals surface area contributed by atoms with E-state index in [-0.39, 0.29) is 5.41 Å². The fraction of sp³-hybridized carbons (Fsp3) is 0.520. The van der Waals surface area contributed by atoms with Crippen molar-refractivity contribution in [2.75, 3.05) is 13.1 Å². The predicted molar refractivity (Wildman–Crippen MR) is 135 cm³/mol. The second kappa shape index (κ2) is 12.5. The van der Waals surface area contributed by atoms with Crippen molar-refractivity contribution in [2.45, 2.75) is 69.6 Å². The van der Waals surface area contributed by atoms with Crippen LogP contribution in [0.4, 0.5) is 0 Å². The summed E-state index contributed by atoms with van der Waals surface area (Å²) in [4.78, 5) is 5.70. The molecule has 0 amide bonds. The highest BCUT2D eigenvalue weighted by molar-refractivity contribution is 9.10. The standard InChI is InChI=1S/C25H31BrN6/c26-20-13-14-22-21-11-5-6-12-23(21)25(24(22)19-20,15-7-1-3-9-17-29-31-27)16-8-2-4-10-18-30-32-28/h5-6,11-14,19H,1-4,7-10,15-18H2. The van der Waals surface area contributed by atoms with Gasteiger partial charge in [-0.2, -0.15) is 0 Å². The zero-order chi connectivity index (χ0) is 22.7. The first-order valence-corrected chi connectivity index (χ1v) is 12.4. The summed E-state index contributed by atoms with van der Waals surface area (Å²) in [5, 5.41) is 7.31. The molecular formula is C25H31BrN6. The molecule has 0 bridgehead atoms. The summed E-state index contributed by atoms with van der Waals surface area (Å²) < 4.78 is 1.14. The Bertz CT molecular complexity index is 962. The third-order valence-corrected chi connectivity index (χ3v) is 7.07. The van der Waals surface area contributed by atoms with Crippen molar-refractivity contribution in [2.24, 2.45) is 10.2 Å². The Labute approximate surface area is 198 Å². The van der Waals surface area contributed by atoms with Crippen molar-refractivity contribution in [3.63, 3.8) is 0 Å². The van der Waals surface area contributed by atoms with Crippen LogP contribution in [0.25, 0.3) is 32.0 Å². The molecule has 0 saturated carbocycles. The SMILES string of the molecule is [N-]=[N+]=NCCCCCCC1(CCCCCCN=[N+]=[N-])c2ccccc2-c2ccc(Br)cc21. The molecule has 168 valence electrons. The molecule has 0 saturated heterocycles. The largest absolute Gasteiger partial charge is 0.0940 e. The van der Waals surface area contributed by atoms with E-state index < -0.39 is 0 Å². The molecule has 0 spiro atoms. The maximum Gasteiger partial charge on any atom is 0.0257 e. The van der Waals surface area contributed by atoms with Gasteiger partial charge in [0.05, 0.1) is 0 Å². The molecule has 3 rings (SSSR count). The lowest BCUT2D eigenvalue weighted by molar-refractivity contribution is 0.400. The van der Waals surface area contributed by atoms with E-state index in [0.717, 1.165) is 68.7 Å². The molecule has 1 aliphatic rings. The number of unbranched alkanes of at least 4 members (excludes halogenated alkanes) is 6. The summed E-state index contributed by atoms with van der Waals surface area (Å²) in [6, 6.07) is 15.7. The van der Waals surface area contributed by atoms with Crippen LogP contribution in [0.1, 0.15) is 75.3 Å². The third-order valence-electron chi connectivity index (χ3n) is 6.58. The van der Waals surface area contributed by atoms with Crippen molar-refractivity contribution in [3.8, 4) is 11.1 Å². The zero-order valence-corrected chi connectivity index (χ0v) is 20.2. The number of nitrogens with zero attached hydrogens (tertiary/aromatic N) is 6. The van der Waals surface area contributed by atoms with Gasteiger partial charge in [-0.1, -0.05) is 95.0 Å². The van der Waals surface area contributed by atoms with Crippen LogP contribution in [0.3, 0.4) is 0 Å². The predicted octanol–water partition coefficient (Wildman–Crippen LogP) is 9.24. The van der Waals surface area contributed by atoms with Gasteiger partial charge in [0.25, 0.3) is 0 Å². The highest BCUT2D eigenvalue weighted by atomic mass is 79.9. The van der Waals surface area contributed by atoms with E-state index in [0.29, 0.717) is 13.1 Å². The number of fused-ring (bicyclic) bond motifs is 3. The van der Waals surface area contributed by atoms with Gasteiger partial charge in [0.15, 0.2) is 0 Å². The van der Waals surface area contributed by atoms with Crippen LogP contribution in [0.5, 0.6) is 0 Å². The fourth-order valence-electron chi connectivity index (χ4n) is 5.11.